The molecule has 0 atom stereocenters. The van der Waals surface area contributed by atoms with Gasteiger partial charge in [0.2, 0.25) is 0 Å². The molecule has 0 saturated heterocycles. The summed E-state index contributed by atoms with van der Waals surface area (Å²) in [5.41, 5.74) is 5.07. The summed E-state index contributed by atoms with van der Waals surface area (Å²) in [6.07, 6.45) is 3.73. The molecule has 0 radical (unpaired) electrons. The summed E-state index contributed by atoms with van der Waals surface area (Å²) in [4.78, 5) is 14.9. The summed E-state index contributed by atoms with van der Waals surface area (Å²) < 4.78 is 3.65. The zero-order valence-electron chi connectivity index (χ0n) is 17.8. The molecule has 1 amide bonds. The number of nitrogens with zero attached hydrogens (tertiary/aromatic N) is 5. The highest BCUT2D eigenvalue weighted by molar-refractivity contribution is 6.31. The van der Waals surface area contributed by atoms with Crippen LogP contribution in [0.2, 0.25) is 5.02 Å². The lowest BCUT2D eigenvalue weighted by molar-refractivity contribution is 0.0783. The maximum atomic E-state index is 13.2. The van der Waals surface area contributed by atoms with Crippen LogP contribution in [0.4, 0.5) is 0 Å². The minimum Gasteiger partial charge on any atom is -0.337 e. The monoisotopic (exact) mass is 433 g/mol. The van der Waals surface area contributed by atoms with Crippen LogP contribution in [0.1, 0.15) is 32.9 Å². The van der Waals surface area contributed by atoms with Crippen molar-refractivity contribution in [3.63, 3.8) is 0 Å². The zero-order chi connectivity index (χ0) is 22.0. The van der Waals surface area contributed by atoms with E-state index in [9.17, 15) is 4.79 Å². The molecule has 0 N–H and O–H groups in total. The van der Waals surface area contributed by atoms with Crippen LogP contribution < -0.4 is 0 Å². The summed E-state index contributed by atoms with van der Waals surface area (Å²) >= 11 is 6.30. The number of carbonyl (C=O) groups is 1. The van der Waals surface area contributed by atoms with Crippen LogP contribution in [0.15, 0.2) is 67.0 Å². The third kappa shape index (κ3) is 4.39. The van der Waals surface area contributed by atoms with E-state index in [-0.39, 0.29) is 5.91 Å². The number of hydrogen-bond donors (Lipinski definition) is 0. The fraction of sp³-hybridized carbons (Fsp3) is 0.208. The van der Waals surface area contributed by atoms with Gasteiger partial charge in [0.1, 0.15) is 0 Å². The minimum atomic E-state index is -0.0622. The van der Waals surface area contributed by atoms with Crippen molar-refractivity contribution in [2.45, 2.75) is 26.9 Å². The molecule has 0 saturated carbocycles. The first-order valence-corrected chi connectivity index (χ1v) is 10.4. The molecule has 0 bridgehead atoms. The molecule has 4 rings (SSSR count). The molecule has 0 aliphatic rings. The van der Waals surface area contributed by atoms with Gasteiger partial charge < -0.3 is 4.90 Å². The first kappa shape index (κ1) is 20.9. The lowest BCUT2D eigenvalue weighted by Gasteiger charge is -2.16. The highest BCUT2D eigenvalue weighted by Crippen LogP contribution is 2.21. The second-order valence-electron chi connectivity index (χ2n) is 7.58. The van der Waals surface area contributed by atoms with Crippen molar-refractivity contribution in [2.24, 2.45) is 0 Å². The molecule has 158 valence electrons. The van der Waals surface area contributed by atoms with E-state index in [1.807, 2.05) is 84.0 Å². The van der Waals surface area contributed by atoms with Crippen molar-refractivity contribution in [3.8, 4) is 5.69 Å². The molecule has 7 heteroatoms. The Kier molecular flexibility index (Phi) is 5.91. The molecule has 2 heterocycles. The lowest BCUT2D eigenvalue weighted by Crippen LogP contribution is -2.27. The Hall–Kier alpha value is -3.38. The van der Waals surface area contributed by atoms with Crippen LogP contribution in [0.25, 0.3) is 5.69 Å². The summed E-state index contributed by atoms with van der Waals surface area (Å²) in [6, 6.07) is 17.6. The molecule has 0 unspecified atom stereocenters. The number of halogens is 1. The van der Waals surface area contributed by atoms with Crippen LogP contribution >= 0.6 is 11.6 Å². The van der Waals surface area contributed by atoms with Gasteiger partial charge in [-0.15, -0.1) is 0 Å². The fourth-order valence-corrected chi connectivity index (χ4v) is 3.84. The first-order chi connectivity index (χ1) is 14.9. The van der Waals surface area contributed by atoms with E-state index in [0.29, 0.717) is 29.4 Å². The van der Waals surface area contributed by atoms with Gasteiger partial charge in [-0.05, 0) is 37.6 Å². The van der Waals surface area contributed by atoms with Crippen LogP contribution in [-0.2, 0) is 13.1 Å². The number of benzene rings is 2. The SMILES string of the molecule is Cc1nn(Cc2ccccc2Cl)c(C)c1C(=O)N(C)Cc1cnn(-c2ccccc2)c1. The molecular formula is C24H24ClN5O. The van der Waals surface area contributed by atoms with Gasteiger partial charge >= 0.3 is 0 Å². The average molecular weight is 434 g/mol. The zero-order valence-corrected chi connectivity index (χ0v) is 18.5. The smallest absolute Gasteiger partial charge is 0.257 e. The van der Waals surface area contributed by atoms with Gasteiger partial charge in [0.15, 0.2) is 0 Å². The number of rotatable bonds is 6. The van der Waals surface area contributed by atoms with Crippen LogP contribution in [0.5, 0.6) is 0 Å². The Balaban J connectivity index is 1.51. The molecule has 4 aromatic rings. The maximum absolute atomic E-state index is 13.2. The van der Waals surface area contributed by atoms with Crippen molar-refractivity contribution < 1.29 is 4.79 Å². The molecule has 0 aliphatic carbocycles. The minimum absolute atomic E-state index is 0.0622. The molecule has 2 aromatic heterocycles. The first-order valence-electron chi connectivity index (χ1n) is 10.1. The number of amides is 1. The van der Waals surface area contributed by atoms with Gasteiger partial charge in [-0.2, -0.15) is 10.2 Å². The number of aromatic nitrogens is 4. The second-order valence-corrected chi connectivity index (χ2v) is 7.99. The number of para-hydroxylation sites is 1. The Labute approximate surface area is 186 Å². The van der Waals surface area contributed by atoms with Gasteiger partial charge in [-0.3, -0.25) is 9.48 Å². The largest absolute Gasteiger partial charge is 0.337 e. The van der Waals surface area contributed by atoms with Gasteiger partial charge in [-0.25, -0.2) is 4.68 Å². The summed E-state index contributed by atoms with van der Waals surface area (Å²) in [7, 11) is 1.80. The second kappa shape index (κ2) is 8.78. The normalized spacial score (nSPS) is 11.0. The summed E-state index contributed by atoms with van der Waals surface area (Å²) in [6.45, 7) is 4.77. The Morgan fingerprint density at radius 2 is 1.77 bits per heavy atom. The van der Waals surface area contributed by atoms with E-state index in [4.69, 9.17) is 11.6 Å². The molecule has 31 heavy (non-hydrogen) atoms. The van der Waals surface area contributed by atoms with Crippen molar-refractivity contribution in [3.05, 3.63) is 100 Å². The molecule has 2 aromatic carbocycles. The third-order valence-corrected chi connectivity index (χ3v) is 5.67. The molecular weight excluding hydrogens is 410 g/mol. The van der Waals surface area contributed by atoms with Crippen LogP contribution in [0, 0.1) is 13.8 Å². The van der Waals surface area contributed by atoms with Crippen molar-refractivity contribution in [1.82, 2.24) is 24.5 Å². The van der Waals surface area contributed by atoms with Gasteiger partial charge in [0.05, 0.1) is 29.7 Å². The number of carbonyl (C=O) groups excluding carboxylic acids is 1. The Bertz CT molecular complexity index is 1210. The highest BCUT2D eigenvalue weighted by atomic mass is 35.5. The van der Waals surface area contributed by atoms with Gasteiger partial charge in [0, 0.05) is 36.1 Å². The van der Waals surface area contributed by atoms with E-state index in [1.54, 1.807) is 18.1 Å². The maximum Gasteiger partial charge on any atom is 0.257 e. The van der Waals surface area contributed by atoms with Crippen molar-refractivity contribution in [2.75, 3.05) is 7.05 Å². The lowest BCUT2D eigenvalue weighted by atomic mass is 10.1. The average Bonchev–Trinajstić information content (AvgIpc) is 3.34. The molecule has 0 aliphatic heterocycles. The Morgan fingerprint density at radius 1 is 1.06 bits per heavy atom. The highest BCUT2D eigenvalue weighted by Gasteiger charge is 2.22. The fourth-order valence-electron chi connectivity index (χ4n) is 3.65. The van der Waals surface area contributed by atoms with Crippen molar-refractivity contribution >= 4 is 17.5 Å². The predicted octanol–water partition coefficient (Wildman–Crippen LogP) is 4.66. The summed E-state index contributed by atoms with van der Waals surface area (Å²) in [5.74, 6) is -0.0622. The molecule has 0 spiro atoms. The van der Waals surface area contributed by atoms with Gasteiger partial charge in [0.25, 0.3) is 5.91 Å². The predicted molar refractivity (Wildman–Crippen MR) is 122 cm³/mol. The molecule has 0 fully saturated rings. The third-order valence-electron chi connectivity index (χ3n) is 5.30. The van der Waals surface area contributed by atoms with Crippen molar-refractivity contribution in [1.29, 1.82) is 0 Å². The molecule has 6 nitrogen and oxygen atoms in total. The topological polar surface area (TPSA) is 56.0 Å². The quantitative estimate of drug-likeness (QED) is 0.444. The van der Waals surface area contributed by atoms with E-state index >= 15 is 0 Å². The van der Waals surface area contributed by atoms with E-state index in [1.165, 1.54) is 0 Å². The number of hydrogen-bond acceptors (Lipinski definition) is 3. The van der Waals surface area contributed by atoms with Crippen LogP contribution in [0.3, 0.4) is 0 Å². The number of aryl methyl sites for hydroxylation is 1. The van der Waals surface area contributed by atoms with Gasteiger partial charge in [-0.1, -0.05) is 48.0 Å². The van der Waals surface area contributed by atoms with Crippen LogP contribution in [-0.4, -0.2) is 37.4 Å². The Morgan fingerprint density at radius 3 is 2.52 bits per heavy atom. The van der Waals surface area contributed by atoms with E-state index in [0.717, 1.165) is 22.5 Å². The van der Waals surface area contributed by atoms with E-state index < -0.39 is 0 Å². The standard InChI is InChI=1S/C24H24ClN5O/c1-17-23(18(2)29(27-17)16-20-9-7-8-12-22(20)25)24(31)28(3)14-19-13-26-30(15-19)21-10-5-4-6-11-21/h4-13,15H,14,16H2,1-3H3. The van der Waals surface area contributed by atoms with E-state index in [2.05, 4.69) is 10.2 Å². The summed E-state index contributed by atoms with van der Waals surface area (Å²) in [5, 5.41) is 9.70.